The topological polar surface area (TPSA) is 124 Å². The van der Waals surface area contributed by atoms with Crippen molar-refractivity contribution in [3.8, 4) is 32.6 Å². The normalized spacial score (nSPS) is 13.1. The minimum absolute atomic E-state index is 0.0145. The van der Waals surface area contributed by atoms with Crippen LogP contribution in [0.2, 0.25) is 0 Å². The van der Waals surface area contributed by atoms with Gasteiger partial charge in [0.25, 0.3) is 11.1 Å². The number of aromatic nitrogens is 4. The van der Waals surface area contributed by atoms with E-state index in [1.54, 1.807) is 43.3 Å². The van der Waals surface area contributed by atoms with Crippen LogP contribution in [0.4, 0.5) is 0 Å². The Kier molecular flexibility index (Phi) is 9.12. The molecule has 0 aliphatic carbocycles. The maximum absolute atomic E-state index is 12.7. The fourth-order valence-corrected chi connectivity index (χ4v) is 6.49. The Balaban J connectivity index is 0.000000160. The minimum atomic E-state index is -0.400. The maximum atomic E-state index is 12.7. The molecule has 13 heteroatoms. The van der Waals surface area contributed by atoms with Crippen LogP contribution in [0.25, 0.3) is 42.9 Å². The Morgan fingerprint density at radius 2 is 1.31 bits per heavy atom. The van der Waals surface area contributed by atoms with Gasteiger partial charge in [-0.05, 0) is 24.3 Å². The summed E-state index contributed by atoms with van der Waals surface area (Å²) in [5.41, 5.74) is 2.71. The number of carbonyl (C=O) groups excluding carboxylic acids is 1. The van der Waals surface area contributed by atoms with E-state index in [9.17, 15) is 14.4 Å². The van der Waals surface area contributed by atoms with Gasteiger partial charge in [-0.2, -0.15) is 0 Å². The third-order valence-corrected chi connectivity index (χ3v) is 8.86. The molecule has 4 aromatic heterocycles. The SMILES string of the molecule is COc1ccc2c(-c3nccs3)cc(=O)n(CC3OCCO3)c2c1.COc1ccc2c(-c3nccs3)cc(=O)n(CC=O)c2c1. The number of hydrogen-bond acceptors (Lipinski definition) is 11. The van der Waals surface area contributed by atoms with Gasteiger partial charge in [-0.25, -0.2) is 9.97 Å². The summed E-state index contributed by atoms with van der Waals surface area (Å²) in [6.07, 6.45) is 3.75. The van der Waals surface area contributed by atoms with E-state index in [0.29, 0.717) is 43.1 Å². The van der Waals surface area contributed by atoms with Crippen LogP contribution in [-0.2, 0) is 27.4 Å². The number of rotatable bonds is 8. The van der Waals surface area contributed by atoms with Crippen molar-refractivity contribution in [3.63, 3.8) is 0 Å². The van der Waals surface area contributed by atoms with E-state index >= 15 is 0 Å². The van der Waals surface area contributed by atoms with Crippen LogP contribution < -0.4 is 20.6 Å². The highest BCUT2D eigenvalue weighted by atomic mass is 32.1. The molecular formula is C32H28N4O7S2. The molecule has 0 bridgehead atoms. The Morgan fingerprint density at radius 1 is 0.800 bits per heavy atom. The molecule has 1 aliphatic rings. The van der Waals surface area contributed by atoms with Gasteiger partial charge in [0.1, 0.15) is 27.8 Å². The van der Waals surface area contributed by atoms with Gasteiger partial charge >= 0.3 is 0 Å². The first-order valence-electron chi connectivity index (χ1n) is 13.9. The predicted octanol–water partition coefficient (Wildman–Crippen LogP) is 4.84. The maximum Gasteiger partial charge on any atom is 0.252 e. The molecule has 45 heavy (non-hydrogen) atoms. The molecule has 0 atom stereocenters. The number of hydrogen-bond donors (Lipinski definition) is 0. The summed E-state index contributed by atoms with van der Waals surface area (Å²) in [4.78, 5) is 44.4. The quantitative estimate of drug-likeness (QED) is 0.214. The Bertz CT molecular complexity index is 2070. The highest BCUT2D eigenvalue weighted by Crippen LogP contribution is 2.32. The van der Waals surface area contributed by atoms with Gasteiger partial charge in [0.15, 0.2) is 6.29 Å². The zero-order valence-corrected chi connectivity index (χ0v) is 26.0. The summed E-state index contributed by atoms with van der Waals surface area (Å²) in [5, 5.41) is 7.18. The second kappa shape index (κ2) is 13.5. The fourth-order valence-electron chi connectivity index (χ4n) is 5.15. The molecule has 1 saturated heterocycles. The fraction of sp³-hybridized carbons (Fsp3) is 0.219. The summed E-state index contributed by atoms with van der Waals surface area (Å²) in [6.45, 7) is 1.47. The van der Waals surface area contributed by atoms with Gasteiger partial charge in [-0.1, -0.05) is 0 Å². The zero-order valence-electron chi connectivity index (χ0n) is 24.4. The van der Waals surface area contributed by atoms with Crippen molar-refractivity contribution in [1.82, 2.24) is 19.1 Å². The van der Waals surface area contributed by atoms with Crippen LogP contribution in [0, 0.1) is 0 Å². The molecular weight excluding hydrogens is 617 g/mol. The van der Waals surface area contributed by atoms with Crippen molar-refractivity contribution in [2.75, 3.05) is 27.4 Å². The lowest BCUT2D eigenvalue weighted by Gasteiger charge is -2.16. The molecule has 11 nitrogen and oxygen atoms in total. The summed E-state index contributed by atoms with van der Waals surface area (Å²) in [6, 6.07) is 14.3. The number of carbonyl (C=O) groups is 1. The van der Waals surface area contributed by atoms with Gasteiger partial charge in [0.2, 0.25) is 0 Å². The van der Waals surface area contributed by atoms with E-state index in [1.165, 1.54) is 33.3 Å². The standard InChI is InChI=1S/C17H16N2O4S.C15H12N2O3S/c1-21-11-2-3-12-13(17-18-4-7-24-17)9-15(20)19(14(12)8-11)10-16-22-5-6-23-16;1-20-10-2-3-11-12(15-16-4-7-21-15)9-14(19)17(5-6-18)13(11)8-10/h2-4,7-9,16H,5-6,10H2,1H3;2-4,6-9H,5H2,1H3. The van der Waals surface area contributed by atoms with Gasteiger partial charge < -0.3 is 32.9 Å². The minimum Gasteiger partial charge on any atom is -0.497 e. The third-order valence-electron chi connectivity index (χ3n) is 7.24. The molecule has 7 rings (SSSR count). The number of thiazole rings is 2. The van der Waals surface area contributed by atoms with E-state index in [-0.39, 0.29) is 17.7 Å². The molecule has 0 N–H and O–H groups in total. The second-order valence-electron chi connectivity index (χ2n) is 9.79. The summed E-state index contributed by atoms with van der Waals surface area (Å²) < 4.78 is 24.6. The summed E-state index contributed by atoms with van der Waals surface area (Å²) in [5.74, 6) is 1.33. The Morgan fingerprint density at radius 3 is 1.78 bits per heavy atom. The van der Waals surface area contributed by atoms with E-state index in [4.69, 9.17) is 18.9 Å². The first kappa shape index (κ1) is 30.3. The highest BCUT2D eigenvalue weighted by molar-refractivity contribution is 7.13. The number of methoxy groups -OCH3 is 2. The molecule has 230 valence electrons. The molecule has 0 saturated carbocycles. The average molecular weight is 645 g/mol. The number of fused-ring (bicyclic) bond motifs is 2. The van der Waals surface area contributed by atoms with Crippen LogP contribution in [0.1, 0.15) is 0 Å². The average Bonchev–Trinajstić information content (AvgIpc) is 3.88. The molecule has 5 heterocycles. The van der Waals surface area contributed by atoms with Crippen molar-refractivity contribution in [2.45, 2.75) is 19.4 Å². The number of nitrogens with zero attached hydrogens (tertiary/aromatic N) is 4. The smallest absolute Gasteiger partial charge is 0.252 e. The van der Waals surface area contributed by atoms with Crippen molar-refractivity contribution in [1.29, 1.82) is 0 Å². The van der Waals surface area contributed by atoms with Gasteiger partial charge in [0.05, 0.1) is 51.6 Å². The molecule has 6 aromatic rings. The molecule has 0 radical (unpaired) electrons. The van der Waals surface area contributed by atoms with Crippen molar-refractivity contribution >= 4 is 50.8 Å². The van der Waals surface area contributed by atoms with Crippen LogP contribution in [0.15, 0.2) is 81.3 Å². The highest BCUT2D eigenvalue weighted by Gasteiger charge is 2.20. The number of benzene rings is 2. The Hall–Kier alpha value is -4.69. The predicted molar refractivity (Wildman–Crippen MR) is 173 cm³/mol. The Labute approximate surface area is 264 Å². The van der Waals surface area contributed by atoms with Gasteiger partial charge in [-0.3, -0.25) is 9.59 Å². The molecule has 0 amide bonds. The second-order valence-corrected chi connectivity index (χ2v) is 11.6. The number of ether oxygens (including phenoxy) is 4. The van der Waals surface area contributed by atoms with Crippen LogP contribution in [-0.4, -0.2) is 59.1 Å². The third kappa shape index (κ3) is 6.28. The lowest BCUT2D eigenvalue weighted by Crippen LogP contribution is -2.27. The van der Waals surface area contributed by atoms with Crippen LogP contribution >= 0.6 is 22.7 Å². The number of pyridine rings is 2. The first-order chi connectivity index (χ1) is 22.0. The van der Waals surface area contributed by atoms with Gasteiger partial charge in [0, 0.05) is 69.3 Å². The summed E-state index contributed by atoms with van der Waals surface area (Å²) in [7, 11) is 3.17. The molecule has 1 aliphatic heterocycles. The van der Waals surface area contributed by atoms with Crippen molar-refractivity contribution in [3.05, 3.63) is 92.4 Å². The van der Waals surface area contributed by atoms with Crippen LogP contribution in [0.3, 0.4) is 0 Å². The van der Waals surface area contributed by atoms with Crippen molar-refractivity contribution in [2.24, 2.45) is 0 Å². The monoisotopic (exact) mass is 644 g/mol. The zero-order chi connectivity index (χ0) is 31.3. The van der Waals surface area contributed by atoms with E-state index in [1.807, 2.05) is 41.1 Å². The lowest BCUT2D eigenvalue weighted by molar-refractivity contribution is -0.108. The molecule has 0 spiro atoms. The van der Waals surface area contributed by atoms with Gasteiger partial charge in [-0.15, -0.1) is 22.7 Å². The largest absolute Gasteiger partial charge is 0.497 e. The van der Waals surface area contributed by atoms with Crippen LogP contribution in [0.5, 0.6) is 11.5 Å². The molecule has 0 unspecified atom stereocenters. The van der Waals surface area contributed by atoms with Crippen molar-refractivity contribution < 1.29 is 23.7 Å². The lowest BCUT2D eigenvalue weighted by atomic mass is 10.1. The van der Waals surface area contributed by atoms with E-state index in [0.717, 1.165) is 37.4 Å². The van der Waals surface area contributed by atoms with E-state index < -0.39 is 6.29 Å². The first-order valence-corrected chi connectivity index (χ1v) is 15.7. The molecule has 1 fully saturated rings. The summed E-state index contributed by atoms with van der Waals surface area (Å²) >= 11 is 2.98. The van der Waals surface area contributed by atoms with E-state index in [2.05, 4.69) is 9.97 Å². The number of aldehydes is 1. The molecule has 2 aromatic carbocycles.